The highest BCUT2D eigenvalue weighted by molar-refractivity contribution is 6.34. The van der Waals surface area contributed by atoms with Crippen molar-refractivity contribution in [3.63, 3.8) is 0 Å². The van der Waals surface area contributed by atoms with Crippen LogP contribution in [0.3, 0.4) is 0 Å². The van der Waals surface area contributed by atoms with E-state index < -0.39 is 5.69 Å². The summed E-state index contributed by atoms with van der Waals surface area (Å²) in [5.74, 6) is 0.249. The Bertz CT molecular complexity index is 1930. The molecule has 1 aromatic carbocycles. The lowest BCUT2D eigenvalue weighted by Crippen LogP contribution is -2.54. The molecule has 1 saturated heterocycles. The molecule has 226 valence electrons. The van der Waals surface area contributed by atoms with Crippen LogP contribution in [0.5, 0.6) is 0 Å². The molecule has 0 saturated carbocycles. The summed E-state index contributed by atoms with van der Waals surface area (Å²) in [4.78, 5) is 57.1. The summed E-state index contributed by atoms with van der Waals surface area (Å²) >= 11 is 7.05. The van der Waals surface area contributed by atoms with Gasteiger partial charge in [0.2, 0.25) is 11.8 Å². The van der Waals surface area contributed by atoms with Gasteiger partial charge in [-0.3, -0.25) is 14.6 Å². The summed E-state index contributed by atoms with van der Waals surface area (Å²) in [6.07, 6.45) is 3.27. The first-order valence-electron chi connectivity index (χ1n) is 14.7. The minimum atomic E-state index is -0.491. The van der Waals surface area contributed by atoms with Crippen molar-refractivity contribution in [2.45, 2.75) is 53.0 Å². The van der Waals surface area contributed by atoms with Crippen molar-refractivity contribution in [2.75, 3.05) is 29.9 Å². The standard InChI is InChI=1S/C33H34ClN7O3/c1-7-26(43)39-12-13-40(20(6)16-39)31-22-14-23(34)29(27-18(4)8-9-24-21(27)15-25(42)36-24)37-32(22)41(33(44)38-31)30-19(5)10-11-35-28(30)17(2)3/h7-11,14,17,20H,1,12-13,15-16H2,2-6H3,(H,36,42). The lowest BCUT2D eigenvalue weighted by molar-refractivity contribution is -0.126. The summed E-state index contributed by atoms with van der Waals surface area (Å²) in [6, 6.07) is 7.36. The van der Waals surface area contributed by atoms with Gasteiger partial charge in [-0.1, -0.05) is 38.1 Å². The van der Waals surface area contributed by atoms with Crippen molar-refractivity contribution in [3.05, 3.63) is 81.0 Å². The third kappa shape index (κ3) is 4.83. The number of aryl methyl sites for hydroxylation is 2. The highest BCUT2D eigenvalue weighted by Gasteiger charge is 2.31. The van der Waals surface area contributed by atoms with E-state index in [1.54, 1.807) is 15.7 Å². The Balaban J connectivity index is 1.65. The molecule has 5 heterocycles. The number of hydrogen-bond donors (Lipinski definition) is 1. The molecule has 1 atom stereocenters. The first-order valence-corrected chi connectivity index (χ1v) is 15.1. The summed E-state index contributed by atoms with van der Waals surface area (Å²) in [6.45, 7) is 14.9. The first kappa shape index (κ1) is 29.5. The third-order valence-electron chi connectivity index (χ3n) is 8.48. The van der Waals surface area contributed by atoms with Crippen LogP contribution in [0.1, 0.15) is 49.1 Å². The van der Waals surface area contributed by atoms with E-state index in [0.717, 1.165) is 33.6 Å². The zero-order chi connectivity index (χ0) is 31.4. The fourth-order valence-corrected chi connectivity index (χ4v) is 6.58. The number of hydrogen-bond acceptors (Lipinski definition) is 7. The molecule has 0 aliphatic carbocycles. The van der Waals surface area contributed by atoms with Gasteiger partial charge in [-0.15, -0.1) is 0 Å². The molecule has 1 unspecified atom stereocenters. The molecular weight excluding hydrogens is 578 g/mol. The van der Waals surface area contributed by atoms with Gasteiger partial charge in [-0.05, 0) is 67.7 Å². The number of anilines is 2. The van der Waals surface area contributed by atoms with Crippen molar-refractivity contribution >= 4 is 46.0 Å². The molecule has 4 aromatic rings. The number of nitrogens with one attached hydrogen (secondary N) is 1. The van der Waals surface area contributed by atoms with E-state index in [-0.39, 0.29) is 30.2 Å². The molecule has 10 nitrogen and oxygen atoms in total. The number of piperazine rings is 1. The number of carbonyl (C=O) groups excluding carboxylic acids is 2. The van der Waals surface area contributed by atoms with Gasteiger partial charge in [0.1, 0.15) is 5.82 Å². The molecule has 1 fully saturated rings. The number of amides is 2. The fourth-order valence-electron chi connectivity index (χ4n) is 6.34. The second kappa shape index (κ2) is 11.2. The van der Waals surface area contributed by atoms with E-state index in [4.69, 9.17) is 16.6 Å². The van der Waals surface area contributed by atoms with Crippen molar-refractivity contribution in [3.8, 4) is 16.9 Å². The van der Waals surface area contributed by atoms with Gasteiger partial charge in [0, 0.05) is 43.1 Å². The lowest BCUT2D eigenvalue weighted by Gasteiger charge is -2.40. The number of carbonyl (C=O) groups is 2. The molecule has 2 amide bonds. The summed E-state index contributed by atoms with van der Waals surface area (Å²) in [5.41, 5.74) is 5.86. The number of pyridine rings is 2. The van der Waals surface area contributed by atoms with Crippen LogP contribution in [-0.2, 0) is 16.0 Å². The van der Waals surface area contributed by atoms with E-state index >= 15 is 0 Å². The van der Waals surface area contributed by atoms with Crippen LogP contribution in [0.4, 0.5) is 11.5 Å². The molecule has 6 rings (SSSR count). The van der Waals surface area contributed by atoms with Gasteiger partial charge in [-0.2, -0.15) is 4.98 Å². The Morgan fingerprint density at radius 2 is 1.91 bits per heavy atom. The molecule has 0 bridgehead atoms. The van der Waals surface area contributed by atoms with Crippen LogP contribution in [0, 0.1) is 13.8 Å². The maximum atomic E-state index is 14.2. The number of halogens is 1. The van der Waals surface area contributed by atoms with Crippen LogP contribution in [-0.4, -0.2) is 61.9 Å². The second-order valence-electron chi connectivity index (χ2n) is 11.8. The maximum Gasteiger partial charge on any atom is 0.355 e. The monoisotopic (exact) mass is 611 g/mol. The average Bonchev–Trinajstić information content (AvgIpc) is 3.37. The van der Waals surface area contributed by atoms with E-state index in [2.05, 4.69) is 21.9 Å². The van der Waals surface area contributed by atoms with Crippen molar-refractivity contribution in [1.29, 1.82) is 0 Å². The molecule has 44 heavy (non-hydrogen) atoms. The SMILES string of the molecule is C=CC(=O)N1CCN(c2nc(=O)n(-c3c(C)ccnc3C(C)C)c3nc(-c4c(C)ccc5c4CC(=O)N5)c(Cl)cc23)C(C)C1. The Labute approximate surface area is 260 Å². The number of benzene rings is 1. The minimum absolute atomic E-state index is 0.0190. The zero-order valence-corrected chi connectivity index (χ0v) is 26.2. The predicted octanol–water partition coefficient (Wildman–Crippen LogP) is 4.95. The van der Waals surface area contributed by atoms with Gasteiger partial charge >= 0.3 is 5.69 Å². The van der Waals surface area contributed by atoms with Gasteiger partial charge in [0.15, 0.2) is 5.65 Å². The van der Waals surface area contributed by atoms with Crippen LogP contribution < -0.4 is 15.9 Å². The van der Waals surface area contributed by atoms with Gasteiger partial charge in [0.25, 0.3) is 0 Å². The summed E-state index contributed by atoms with van der Waals surface area (Å²) in [7, 11) is 0. The summed E-state index contributed by atoms with van der Waals surface area (Å²) in [5, 5.41) is 3.89. The molecule has 0 spiro atoms. The van der Waals surface area contributed by atoms with E-state index in [0.29, 0.717) is 52.9 Å². The Kier molecular flexibility index (Phi) is 7.49. The van der Waals surface area contributed by atoms with E-state index in [1.165, 1.54) is 6.08 Å². The topological polar surface area (TPSA) is 113 Å². The molecule has 1 N–H and O–H groups in total. The number of nitrogens with zero attached hydrogens (tertiary/aromatic N) is 6. The largest absolute Gasteiger partial charge is 0.355 e. The van der Waals surface area contributed by atoms with Crippen LogP contribution >= 0.6 is 11.6 Å². The molecule has 11 heteroatoms. The maximum absolute atomic E-state index is 14.2. The molecular formula is C33H34ClN7O3. The van der Waals surface area contributed by atoms with Crippen LogP contribution in [0.25, 0.3) is 28.0 Å². The fraction of sp³-hybridized carbons (Fsp3) is 0.333. The van der Waals surface area contributed by atoms with E-state index in [1.807, 2.05) is 63.8 Å². The Morgan fingerprint density at radius 1 is 1.14 bits per heavy atom. The first-order chi connectivity index (χ1) is 21.0. The normalized spacial score (nSPS) is 16.4. The Morgan fingerprint density at radius 3 is 2.61 bits per heavy atom. The van der Waals surface area contributed by atoms with Gasteiger partial charge < -0.3 is 15.1 Å². The smallest absolute Gasteiger partial charge is 0.350 e. The second-order valence-corrected chi connectivity index (χ2v) is 12.2. The zero-order valence-electron chi connectivity index (χ0n) is 25.4. The van der Waals surface area contributed by atoms with Crippen LogP contribution in [0.15, 0.2) is 47.9 Å². The summed E-state index contributed by atoms with van der Waals surface area (Å²) < 4.78 is 1.54. The minimum Gasteiger partial charge on any atom is -0.350 e. The van der Waals surface area contributed by atoms with Gasteiger partial charge in [-0.25, -0.2) is 14.3 Å². The van der Waals surface area contributed by atoms with Crippen molar-refractivity contribution in [2.24, 2.45) is 0 Å². The van der Waals surface area contributed by atoms with Crippen molar-refractivity contribution in [1.82, 2.24) is 24.4 Å². The van der Waals surface area contributed by atoms with Crippen molar-refractivity contribution < 1.29 is 9.59 Å². The average molecular weight is 612 g/mol. The number of fused-ring (bicyclic) bond motifs is 2. The van der Waals surface area contributed by atoms with Crippen LogP contribution in [0.2, 0.25) is 5.02 Å². The van der Waals surface area contributed by atoms with Gasteiger partial charge in [0.05, 0.1) is 33.9 Å². The number of rotatable bonds is 5. The highest BCUT2D eigenvalue weighted by atomic mass is 35.5. The Hall–Kier alpha value is -4.57. The van der Waals surface area contributed by atoms with E-state index in [9.17, 15) is 14.4 Å². The quantitative estimate of drug-likeness (QED) is 0.318. The molecule has 2 aliphatic rings. The molecule has 3 aromatic heterocycles. The predicted molar refractivity (Wildman–Crippen MR) is 173 cm³/mol. The number of aromatic nitrogens is 4. The lowest BCUT2D eigenvalue weighted by atomic mass is 9.96. The third-order valence-corrected chi connectivity index (χ3v) is 8.77. The molecule has 0 radical (unpaired) electrons. The highest BCUT2D eigenvalue weighted by Crippen LogP contribution is 2.41. The molecule has 2 aliphatic heterocycles.